The van der Waals surface area contributed by atoms with Gasteiger partial charge in [0.1, 0.15) is 12.4 Å². The van der Waals surface area contributed by atoms with E-state index in [2.05, 4.69) is 31.2 Å². The van der Waals surface area contributed by atoms with E-state index in [1.807, 2.05) is 30.3 Å². The average molecular weight is 269 g/mol. The van der Waals surface area contributed by atoms with E-state index in [-0.39, 0.29) is 6.04 Å². The van der Waals surface area contributed by atoms with Gasteiger partial charge in [-0.3, -0.25) is 0 Å². The van der Waals surface area contributed by atoms with Gasteiger partial charge in [-0.05, 0) is 29.7 Å². The molecule has 106 valence electrons. The van der Waals surface area contributed by atoms with Crippen molar-refractivity contribution in [3.63, 3.8) is 0 Å². The van der Waals surface area contributed by atoms with Crippen molar-refractivity contribution < 1.29 is 4.74 Å². The molecule has 0 heterocycles. The topological polar surface area (TPSA) is 35.2 Å². The van der Waals surface area contributed by atoms with Crippen molar-refractivity contribution in [1.82, 2.24) is 0 Å². The van der Waals surface area contributed by atoms with Crippen LogP contribution in [0.25, 0.3) is 0 Å². The normalized spacial score (nSPS) is 12.1. The molecule has 2 aromatic carbocycles. The maximum Gasteiger partial charge on any atom is 0.119 e. The molecule has 2 rings (SSSR count). The number of nitrogens with two attached hydrogens (primary N) is 1. The monoisotopic (exact) mass is 269 g/mol. The molecule has 0 spiro atoms. The number of unbranched alkanes of at least 4 members (excludes halogenated alkanes) is 1. The molecule has 0 bridgehead atoms. The predicted octanol–water partition coefficient (Wildman–Crippen LogP) is 4.46. The Morgan fingerprint density at radius 2 is 1.70 bits per heavy atom. The summed E-state index contributed by atoms with van der Waals surface area (Å²) in [5, 5.41) is 0. The van der Waals surface area contributed by atoms with E-state index < -0.39 is 0 Å². The molecule has 0 fully saturated rings. The van der Waals surface area contributed by atoms with Crippen LogP contribution in [0.2, 0.25) is 0 Å². The Morgan fingerprint density at radius 1 is 1.00 bits per heavy atom. The van der Waals surface area contributed by atoms with Crippen LogP contribution in [0.5, 0.6) is 5.75 Å². The Morgan fingerprint density at radius 3 is 2.35 bits per heavy atom. The van der Waals surface area contributed by atoms with Gasteiger partial charge < -0.3 is 10.5 Å². The molecule has 0 aliphatic heterocycles. The van der Waals surface area contributed by atoms with Crippen LogP contribution in [0.4, 0.5) is 0 Å². The highest BCUT2D eigenvalue weighted by Crippen LogP contribution is 2.20. The van der Waals surface area contributed by atoms with E-state index in [0.717, 1.165) is 12.2 Å². The van der Waals surface area contributed by atoms with Gasteiger partial charge in [0.15, 0.2) is 0 Å². The number of benzene rings is 2. The fourth-order valence-corrected chi connectivity index (χ4v) is 2.14. The minimum atomic E-state index is 0.137. The maximum absolute atomic E-state index is 6.16. The van der Waals surface area contributed by atoms with Crippen LogP contribution in [0, 0.1) is 0 Å². The number of hydrogen-bond acceptors (Lipinski definition) is 2. The molecule has 0 radical (unpaired) electrons. The van der Waals surface area contributed by atoms with Crippen LogP contribution in [-0.2, 0) is 6.61 Å². The highest BCUT2D eigenvalue weighted by molar-refractivity contribution is 5.29. The molecule has 0 unspecified atom stereocenters. The van der Waals surface area contributed by atoms with Gasteiger partial charge in [0.2, 0.25) is 0 Å². The van der Waals surface area contributed by atoms with E-state index in [1.165, 1.54) is 24.0 Å². The fraction of sp³-hybridized carbons (Fsp3) is 0.333. The molecule has 1 atom stereocenters. The lowest BCUT2D eigenvalue weighted by atomic mass is 10.0. The lowest BCUT2D eigenvalue weighted by Gasteiger charge is -2.12. The van der Waals surface area contributed by atoms with Crippen molar-refractivity contribution in [3.8, 4) is 5.75 Å². The Balaban J connectivity index is 1.88. The van der Waals surface area contributed by atoms with E-state index in [0.29, 0.717) is 6.61 Å². The molecular formula is C18H23NO. The summed E-state index contributed by atoms with van der Waals surface area (Å²) in [5.41, 5.74) is 8.52. The first-order valence-electron chi connectivity index (χ1n) is 7.32. The second kappa shape index (κ2) is 7.71. The lowest BCUT2D eigenvalue weighted by molar-refractivity contribution is 0.306. The largest absolute Gasteiger partial charge is 0.489 e. The van der Waals surface area contributed by atoms with Crippen molar-refractivity contribution in [2.24, 2.45) is 5.73 Å². The minimum Gasteiger partial charge on any atom is -0.489 e. The molecule has 2 heteroatoms. The molecule has 2 aromatic rings. The highest BCUT2D eigenvalue weighted by Gasteiger charge is 2.05. The van der Waals surface area contributed by atoms with Gasteiger partial charge in [-0.25, -0.2) is 0 Å². The molecule has 0 saturated heterocycles. The van der Waals surface area contributed by atoms with E-state index in [1.54, 1.807) is 0 Å². The van der Waals surface area contributed by atoms with Gasteiger partial charge in [-0.2, -0.15) is 0 Å². The first kappa shape index (κ1) is 14.6. The SMILES string of the molecule is CCCC[C@@H](N)c1ccc(OCc2ccccc2)cc1. The van der Waals surface area contributed by atoms with Crippen LogP contribution in [0.3, 0.4) is 0 Å². The van der Waals surface area contributed by atoms with Crippen molar-refractivity contribution in [2.75, 3.05) is 0 Å². The molecule has 0 aromatic heterocycles. The van der Waals surface area contributed by atoms with Crippen molar-refractivity contribution >= 4 is 0 Å². The molecule has 0 aliphatic rings. The van der Waals surface area contributed by atoms with Gasteiger partial charge in [0.25, 0.3) is 0 Å². The fourth-order valence-electron chi connectivity index (χ4n) is 2.14. The quantitative estimate of drug-likeness (QED) is 0.805. The van der Waals surface area contributed by atoms with E-state index >= 15 is 0 Å². The van der Waals surface area contributed by atoms with Crippen LogP contribution in [-0.4, -0.2) is 0 Å². The summed E-state index contributed by atoms with van der Waals surface area (Å²) in [6.07, 6.45) is 3.40. The molecule has 0 amide bonds. The second-order valence-corrected chi connectivity index (χ2v) is 5.09. The molecule has 20 heavy (non-hydrogen) atoms. The zero-order valence-electron chi connectivity index (χ0n) is 12.1. The smallest absolute Gasteiger partial charge is 0.119 e. The predicted molar refractivity (Wildman–Crippen MR) is 83.7 cm³/mol. The summed E-state index contributed by atoms with van der Waals surface area (Å²) < 4.78 is 5.77. The summed E-state index contributed by atoms with van der Waals surface area (Å²) in [4.78, 5) is 0. The van der Waals surface area contributed by atoms with Crippen molar-refractivity contribution in [2.45, 2.75) is 38.8 Å². The van der Waals surface area contributed by atoms with Crippen molar-refractivity contribution in [1.29, 1.82) is 0 Å². The summed E-state index contributed by atoms with van der Waals surface area (Å²) in [6.45, 7) is 2.79. The molecular weight excluding hydrogens is 246 g/mol. The van der Waals surface area contributed by atoms with Gasteiger partial charge in [-0.15, -0.1) is 0 Å². The Labute approximate surface area is 121 Å². The van der Waals surface area contributed by atoms with E-state index in [4.69, 9.17) is 10.5 Å². The Bertz CT molecular complexity index is 493. The third kappa shape index (κ3) is 4.39. The second-order valence-electron chi connectivity index (χ2n) is 5.09. The third-order valence-electron chi connectivity index (χ3n) is 3.43. The average Bonchev–Trinajstić information content (AvgIpc) is 2.52. The van der Waals surface area contributed by atoms with Crippen LogP contribution in [0.15, 0.2) is 54.6 Å². The summed E-state index contributed by atoms with van der Waals surface area (Å²) in [6, 6.07) is 18.5. The molecule has 2 N–H and O–H groups in total. The lowest BCUT2D eigenvalue weighted by Crippen LogP contribution is -2.09. The Kier molecular flexibility index (Phi) is 5.63. The van der Waals surface area contributed by atoms with Gasteiger partial charge in [0.05, 0.1) is 0 Å². The number of hydrogen-bond donors (Lipinski definition) is 1. The van der Waals surface area contributed by atoms with Crippen LogP contribution in [0.1, 0.15) is 43.4 Å². The first-order chi connectivity index (χ1) is 9.79. The van der Waals surface area contributed by atoms with Crippen molar-refractivity contribution in [3.05, 3.63) is 65.7 Å². The summed E-state index contributed by atoms with van der Waals surface area (Å²) in [7, 11) is 0. The van der Waals surface area contributed by atoms with Gasteiger partial charge in [-0.1, -0.05) is 62.2 Å². The zero-order valence-corrected chi connectivity index (χ0v) is 12.1. The van der Waals surface area contributed by atoms with Crippen LogP contribution >= 0.6 is 0 Å². The molecule has 2 nitrogen and oxygen atoms in total. The van der Waals surface area contributed by atoms with Gasteiger partial charge >= 0.3 is 0 Å². The summed E-state index contributed by atoms with van der Waals surface area (Å²) in [5.74, 6) is 0.889. The maximum atomic E-state index is 6.16. The van der Waals surface area contributed by atoms with Gasteiger partial charge in [0, 0.05) is 6.04 Å². The highest BCUT2D eigenvalue weighted by atomic mass is 16.5. The van der Waals surface area contributed by atoms with E-state index in [9.17, 15) is 0 Å². The number of ether oxygens (including phenoxy) is 1. The Hall–Kier alpha value is -1.80. The third-order valence-corrected chi connectivity index (χ3v) is 3.43. The minimum absolute atomic E-state index is 0.137. The molecule has 0 saturated carbocycles. The zero-order chi connectivity index (χ0) is 14.2. The summed E-state index contributed by atoms with van der Waals surface area (Å²) >= 11 is 0. The number of rotatable bonds is 7. The molecule has 0 aliphatic carbocycles. The van der Waals surface area contributed by atoms with Crippen LogP contribution < -0.4 is 10.5 Å². The standard InChI is InChI=1S/C18H23NO/c1-2-3-9-18(19)16-10-12-17(13-11-16)20-14-15-7-5-4-6-8-15/h4-8,10-13,18H,2-3,9,14,19H2,1H3/t18-/m1/s1. The first-order valence-corrected chi connectivity index (χ1v) is 7.32.